The SMILES string of the molecule is CC(C)(C)C(=O)CC[NH3+].O=C(O)C(F)(F)F. The van der Waals surface area contributed by atoms with E-state index in [0.29, 0.717) is 12.2 Å². The van der Waals surface area contributed by atoms with Crippen molar-refractivity contribution in [3.05, 3.63) is 0 Å². The Hall–Kier alpha value is -1.11. The van der Waals surface area contributed by atoms with Crippen LogP contribution in [0.5, 0.6) is 0 Å². The van der Waals surface area contributed by atoms with Crippen LogP contribution in [-0.4, -0.2) is 29.6 Å². The minimum atomic E-state index is -5.08. The largest absolute Gasteiger partial charge is 0.490 e. The van der Waals surface area contributed by atoms with E-state index >= 15 is 0 Å². The van der Waals surface area contributed by atoms with Crippen LogP contribution in [0, 0.1) is 5.41 Å². The summed E-state index contributed by atoms with van der Waals surface area (Å²) in [6.45, 7) is 6.52. The molecule has 4 nitrogen and oxygen atoms in total. The molecule has 0 saturated heterocycles. The van der Waals surface area contributed by atoms with Crippen LogP contribution in [0.2, 0.25) is 0 Å². The number of hydrogen-bond donors (Lipinski definition) is 2. The van der Waals surface area contributed by atoms with E-state index in [1.807, 2.05) is 20.8 Å². The molecule has 0 aromatic carbocycles. The Labute approximate surface area is 91.6 Å². The van der Waals surface area contributed by atoms with Crippen LogP contribution < -0.4 is 5.73 Å². The molecule has 0 fully saturated rings. The molecule has 7 heteroatoms. The highest BCUT2D eigenvalue weighted by molar-refractivity contribution is 5.83. The van der Waals surface area contributed by atoms with Crippen LogP contribution in [0.1, 0.15) is 27.2 Å². The highest BCUT2D eigenvalue weighted by Gasteiger charge is 2.38. The van der Waals surface area contributed by atoms with Gasteiger partial charge in [-0.05, 0) is 0 Å². The number of quaternary nitrogens is 1. The van der Waals surface area contributed by atoms with Gasteiger partial charge in [-0.25, -0.2) is 4.79 Å². The fraction of sp³-hybridized carbons (Fsp3) is 0.778. The third-order valence-electron chi connectivity index (χ3n) is 1.48. The summed E-state index contributed by atoms with van der Waals surface area (Å²) < 4.78 is 31.7. The van der Waals surface area contributed by atoms with Crippen LogP contribution >= 0.6 is 0 Å². The molecular formula is C9H17F3NO3+. The molecule has 0 rings (SSSR count). The van der Waals surface area contributed by atoms with E-state index in [4.69, 9.17) is 9.90 Å². The zero-order valence-corrected chi connectivity index (χ0v) is 9.52. The van der Waals surface area contributed by atoms with Gasteiger partial charge >= 0.3 is 12.1 Å². The van der Waals surface area contributed by atoms with Gasteiger partial charge in [0.1, 0.15) is 5.78 Å². The zero-order chi connectivity index (χ0) is 13.6. The van der Waals surface area contributed by atoms with E-state index < -0.39 is 12.1 Å². The van der Waals surface area contributed by atoms with Crippen molar-refractivity contribution < 1.29 is 33.6 Å². The van der Waals surface area contributed by atoms with Gasteiger partial charge in [-0.1, -0.05) is 20.8 Å². The molecule has 0 unspecified atom stereocenters. The van der Waals surface area contributed by atoms with Gasteiger partial charge in [-0.15, -0.1) is 0 Å². The number of carbonyl (C=O) groups excluding carboxylic acids is 1. The Morgan fingerprint density at radius 2 is 1.50 bits per heavy atom. The van der Waals surface area contributed by atoms with Gasteiger partial charge in [0.2, 0.25) is 0 Å². The maximum Gasteiger partial charge on any atom is 0.490 e. The predicted octanol–water partition coefficient (Wildman–Crippen LogP) is 0.867. The second-order valence-electron chi connectivity index (χ2n) is 4.08. The van der Waals surface area contributed by atoms with E-state index in [2.05, 4.69) is 5.73 Å². The van der Waals surface area contributed by atoms with Crippen molar-refractivity contribution in [1.29, 1.82) is 0 Å². The quantitative estimate of drug-likeness (QED) is 0.756. The Kier molecular flexibility index (Phi) is 6.99. The molecule has 0 aliphatic rings. The van der Waals surface area contributed by atoms with E-state index in [-0.39, 0.29) is 5.41 Å². The van der Waals surface area contributed by atoms with Gasteiger partial charge in [0.05, 0.1) is 13.0 Å². The summed E-state index contributed by atoms with van der Waals surface area (Å²) in [5.41, 5.74) is 3.45. The molecule has 96 valence electrons. The molecular weight excluding hydrogens is 227 g/mol. The van der Waals surface area contributed by atoms with E-state index in [1.165, 1.54) is 0 Å². The number of halogens is 3. The average Bonchev–Trinajstić information content (AvgIpc) is 2.02. The first-order chi connectivity index (χ1) is 6.92. The zero-order valence-electron chi connectivity index (χ0n) is 9.52. The molecule has 0 aromatic rings. The monoisotopic (exact) mass is 244 g/mol. The molecule has 0 aliphatic heterocycles. The predicted molar refractivity (Wildman–Crippen MR) is 50.5 cm³/mol. The standard InChI is InChI=1S/C7H15NO.C2HF3O2/c1-7(2,3)6(9)4-5-8;3-2(4,5)1(6)7/h4-5,8H2,1-3H3;(H,6,7)/p+1. The van der Waals surface area contributed by atoms with Crippen molar-refractivity contribution in [2.75, 3.05) is 6.54 Å². The highest BCUT2D eigenvalue weighted by Crippen LogP contribution is 2.15. The number of hydrogen-bond acceptors (Lipinski definition) is 2. The number of aliphatic carboxylic acids is 1. The first-order valence-electron chi connectivity index (χ1n) is 4.55. The number of rotatable bonds is 2. The Bertz CT molecular complexity index is 243. The van der Waals surface area contributed by atoms with E-state index in [9.17, 15) is 18.0 Å². The molecule has 4 N–H and O–H groups in total. The lowest BCUT2D eigenvalue weighted by molar-refractivity contribution is -0.366. The summed E-state index contributed by atoms with van der Waals surface area (Å²) in [7, 11) is 0. The number of alkyl halides is 3. The second-order valence-corrected chi connectivity index (χ2v) is 4.08. The van der Waals surface area contributed by atoms with Crippen LogP contribution in [-0.2, 0) is 9.59 Å². The van der Waals surface area contributed by atoms with E-state index in [1.54, 1.807) is 0 Å². The number of Topliss-reactive ketones (excluding diaryl/α,β-unsaturated/α-hetero) is 1. The number of carboxylic acids is 1. The fourth-order valence-corrected chi connectivity index (χ4v) is 0.536. The van der Waals surface area contributed by atoms with Gasteiger partial charge in [-0.2, -0.15) is 13.2 Å². The minimum Gasteiger partial charge on any atom is -0.475 e. The van der Waals surface area contributed by atoms with Crippen LogP contribution in [0.15, 0.2) is 0 Å². The molecule has 0 amide bonds. The summed E-state index contributed by atoms with van der Waals surface area (Å²) in [6, 6.07) is 0. The van der Waals surface area contributed by atoms with Gasteiger partial charge in [0, 0.05) is 5.41 Å². The first kappa shape index (κ1) is 17.3. The van der Waals surface area contributed by atoms with Crippen LogP contribution in [0.25, 0.3) is 0 Å². The summed E-state index contributed by atoms with van der Waals surface area (Å²) in [4.78, 5) is 19.9. The maximum atomic E-state index is 11.0. The summed E-state index contributed by atoms with van der Waals surface area (Å²) in [5, 5.41) is 7.12. The van der Waals surface area contributed by atoms with Crippen molar-refractivity contribution in [2.45, 2.75) is 33.4 Å². The molecule has 0 spiro atoms. The fourth-order valence-electron chi connectivity index (χ4n) is 0.536. The lowest BCUT2D eigenvalue weighted by Gasteiger charge is -2.14. The number of carboxylic acid groups (broad SMARTS) is 1. The molecule has 0 aromatic heterocycles. The second kappa shape index (κ2) is 6.47. The topological polar surface area (TPSA) is 82.0 Å². The van der Waals surface area contributed by atoms with Crippen molar-refractivity contribution in [3.8, 4) is 0 Å². The number of carbonyl (C=O) groups is 2. The summed E-state index contributed by atoms with van der Waals surface area (Å²) >= 11 is 0. The smallest absolute Gasteiger partial charge is 0.475 e. The summed E-state index contributed by atoms with van der Waals surface area (Å²) in [5.74, 6) is -2.45. The first-order valence-corrected chi connectivity index (χ1v) is 4.55. The van der Waals surface area contributed by atoms with Gasteiger partial charge < -0.3 is 10.8 Å². The van der Waals surface area contributed by atoms with Gasteiger partial charge in [0.25, 0.3) is 0 Å². The van der Waals surface area contributed by atoms with Crippen molar-refractivity contribution in [3.63, 3.8) is 0 Å². The number of ketones is 1. The lowest BCUT2D eigenvalue weighted by atomic mass is 9.89. The molecule has 0 aliphatic carbocycles. The molecule has 0 saturated carbocycles. The lowest BCUT2D eigenvalue weighted by Crippen LogP contribution is -2.51. The van der Waals surface area contributed by atoms with Gasteiger partial charge in [0.15, 0.2) is 0 Å². The Balaban J connectivity index is 0. The normalized spacial score (nSPS) is 11.4. The van der Waals surface area contributed by atoms with Crippen LogP contribution in [0.4, 0.5) is 13.2 Å². The molecule has 0 heterocycles. The van der Waals surface area contributed by atoms with Crippen molar-refractivity contribution in [2.24, 2.45) is 5.41 Å². The molecule has 16 heavy (non-hydrogen) atoms. The van der Waals surface area contributed by atoms with Crippen LogP contribution in [0.3, 0.4) is 0 Å². The molecule has 0 atom stereocenters. The summed E-state index contributed by atoms with van der Waals surface area (Å²) in [6.07, 6.45) is -4.47. The third kappa shape index (κ3) is 9.45. The molecule has 0 radical (unpaired) electrons. The van der Waals surface area contributed by atoms with E-state index in [0.717, 1.165) is 6.54 Å². The highest BCUT2D eigenvalue weighted by atomic mass is 19.4. The van der Waals surface area contributed by atoms with Crippen molar-refractivity contribution >= 4 is 11.8 Å². The van der Waals surface area contributed by atoms with Gasteiger partial charge in [-0.3, -0.25) is 4.79 Å². The maximum absolute atomic E-state index is 11.0. The Morgan fingerprint density at radius 1 is 1.19 bits per heavy atom. The van der Waals surface area contributed by atoms with Crippen molar-refractivity contribution in [1.82, 2.24) is 0 Å². The molecule has 0 bridgehead atoms. The average molecular weight is 244 g/mol. The third-order valence-corrected chi connectivity index (χ3v) is 1.48. The minimum absolute atomic E-state index is 0.169. The Morgan fingerprint density at radius 3 is 1.56 bits per heavy atom.